The van der Waals surface area contributed by atoms with Gasteiger partial charge in [0.05, 0.1) is 6.54 Å². The highest BCUT2D eigenvalue weighted by Gasteiger charge is 2.23. The Hall–Kier alpha value is -2.51. The predicted molar refractivity (Wildman–Crippen MR) is 110 cm³/mol. The minimum atomic E-state index is 0.0756. The number of hydrogen-bond donors (Lipinski definition) is 0. The average Bonchev–Trinajstić information content (AvgIpc) is 3.18. The SMILES string of the molecule is Cc1ccc(-c2noc(CN3CCN(C(=O)c4ccc(Br)cc4)CC3)n2)cc1. The van der Waals surface area contributed by atoms with Gasteiger partial charge in [0.2, 0.25) is 11.7 Å². The van der Waals surface area contributed by atoms with Crippen molar-refractivity contribution in [2.24, 2.45) is 0 Å². The van der Waals surface area contributed by atoms with E-state index in [1.165, 1.54) is 5.56 Å². The normalized spacial score (nSPS) is 15.0. The van der Waals surface area contributed by atoms with E-state index >= 15 is 0 Å². The quantitative estimate of drug-likeness (QED) is 0.617. The minimum Gasteiger partial charge on any atom is -0.338 e. The number of nitrogens with zero attached hydrogens (tertiary/aromatic N) is 4. The van der Waals surface area contributed by atoms with Crippen LogP contribution < -0.4 is 0 Å². The van der Waals surface area contributed by atoms with E-state index in [9.17, 15) is 4.79 Å². The van der Waals surface area contributed by atoms with Crippen LogP contribution in [0, 0.1) is 6.92 Å². The standard InChI is InChI=1S/C21H21BrN4O2/c1-15-2-4-16(5-3-15)20-23-19(28-24-20)14-25-10-12-26(13-11-25)21(27)17-6-8-18(22)9-7-17/h2-9H,10-14H2,1H3. The van der Waals surface area contributed by atoms with Crippen LogP contribution >= 0.6 is 15.9 Å². The van der Waals surface area contributed by atoms with Crippen LogP contribution in [0.3, 0.4) is 0 Å². The molecule has 0 saturated carbocycles. The number of rotatable bonds is 4. The first-order valence-electron chi connectivity index (χ1n) is 9.25. The third-order valence-electron chi connectivity index (χ3n) is 4.89. The predicted octanol–water partition coefficient (Wildman–Crippen LogP) is 3.77. The Labute approximate surface area is 172 Å². The molecule has 3 aromatic rings. The lowest BCUT2D eigenvalue weighted by Crippen LogP contribution is -2.48. The second-order valence-electron chi connectivity index (χ2n) is 6.95. The summed E-state index contributed by atoms with van der Waals surface area (Å²) in [5.74, 6) is 1.29. The summed E-state index contributed by atoms with van der Waals surface area (Å²) in [6.07, 6.45) is 0. The van der Waals surface area contributed by atoms with Gasteiger partial charge in [-0.25, -0.2) is 0 Å². The Kier molecular flexibility index (Phi) is 5.54. The number of aromatic nitrogens is 2. The van der Waals surface area contributed by atoms with Crippen molar-refractivity contribution < 1.29 is 9.32 Å². The van der Waals surface area contributed by atoms with E-state index in [-0.39, 0.29) is 5.91 Å². The molecule has 0 unspecified atom stereocenters. The third-order valence-corrected chi connectivity index (χ3v) is 5.42. The summed E-state index contributed by atoms with van der Waals surface area (Å²) in [5, 5.41) is 4.09. The van der Waals surface area contributed by atoms with E-state index < -0.39 is 0 Å². The summed E-state index contributed by atoms with van der Waals surface area (Å²) in [6.45, 7) is 5.59. The number of hydrogen-bond acceptors (Lipinski definition) is 5. The summed E-state index contributed by atoms with van der Waals surface area (Å²) < 4.78 is 6.39. The molecule has 1 aliphatic heterocycles. The van der Waals surface area contributed by atoms with Crippen molar-refractivity contribution in [3.63, 3.8) is 0 Å². The molecule has 0 atom stereocenters. The molecule has 144 valence electrons. The van der Waals surface area contributed by atoms with Crippen LogP contribution in [0.15, 0.2) is 57.5 Å². The fourth-order valence-electron chi connectivity index (χ4n) is 3.21. The summed E-state index contributed by atoms with van der Waals surface area (Å²) in [7, 11) is 0. The first-order valence-corrected chi connectivity index (χ1v) is 10.0. The maximum Gasteiger partial charge on any atom is 0.253 e. The first kappa shape index (κ1) is 18.8. The van der Waals surface area contributed by atoms with Crippen molar-refractivity contribution in [1.29, 1.82) is 0 Å². The molecular formula is C21H21BrN4O2. The lowest BCUT2D eigenvalue weighted by atomic mass is 10.1. The molecule has 2 aromatic carbocycles. The van der Waals surface area contributed by atoms with Gasteiger partial charge in [0.25, 0.3) is 5.91 Å². The van der Waals surface area contributed by atoms with Gasteiger partial charge in [0.1, 0.15) is 0 Å². The second kappa shape index (κ2) is 8.24. The number of benzene rings is 2. The fourth-order valence-corrected chi connectivity index (χ4v) is 3.48. The zero-order valence-corrected chi connectivity index (χ0v) is 17.2. The molecule has 1 saturated heterocycles. The molecule has 0 N–H and O–H groups in total. The molecule has 2 heterocycles. The molecule has 0 aliphatic carbocycles. The molecule has 1 aromatic heterocycles. The van der Waals surface area contributed by atoms with Gasteiger partial charge in [-0.05, 0) is 31.2 Å². The summed E-state index contributed by atoms with van der Waals surface area (Å²) in [5.41, 5.74) is 2.87. The van der Waals surface area contributed by atoms with Crippen molar-refractivity contribution in [2.75, 3.05) is 26.2 Å². The Morgan fingerprint density at radius 2 is 1.71 bits per heavy atom. The number of amides is 1. The highest BCUT2D eigenvalue weighted by atomic mass is 79.9. The number of aryl methyl sites for hydroxylation is 1. The van der Waals surface area contributed by atoms with Crippen LogP contribution in [0.1, 0.15) is 21.8 Å². The first-order chi connectivity index (χ1) is 13.6. The zero-order chi connectivity index (χ0) is 19.5. The minimum absolute atomic E-state index is 0.0756. The largest absolute Gasteiger partial charge is 0.338 e. The van der Waals surface area contributed by atoms with E-state index in [1.807, 2.05) is 60.4 Å². The third kappa shape index (κ3) is 4.31. The molecule has 0 bridgehead atoms. The van der Waals surface area contributed by atoms with Gasteiger partial charge in [-0.3, -0.25) is 9.69 Å². The molecule has 1 aliphatic rings. The Bertz CT molecular complexity index is 945. The average molecular weight is 441 g/mol. The van der Waals surface area contributed by atoms with Gasteiger partial charge in [0.15, 0.2) is 0 Å². The summed E-state index contributed by atoms with van der Waals surface area (Å²) in [6, 6.07) is 15.6. The van der Waals surface area contributed by atoms with Gasteiger partial charge < -0.3 is 9.42 Å². The van der Waals surface area contributed by atoms with Gasteiger partial charge in [0, 0.05) is 41.8 Å². The van der Waals surface area contributed by atoms with Crippen molar-refractivity contribution in [1.82, 2.24) is 19.9 Å². The maximum absolute atomic E-state index is 12.6. The fraction of sp³-hybridized carbons (Fsp3) is 0.286. The van der Waals surface area contributed by atoms with Crippen molar-refractivity contribution in [2.45, 2.75) is 13.5 Å². The van der Waals surface area contributed by atoms with Crippen molar-refractivity contribution >= 4 is 21.8 Å². The van der Waals surface area contributed by atoms with Crippen LogP contribution in [0.2, 0.25) is 0 Å². The van der Waals surface area contributed by atoms with Crippen molar-refractivity contribution in [3.8, 4) is 11.4 Å². The molecule has 0 spiro atoms. The van der Waals surface area contributed by atoms with Gasteiger partial charge in [-0.15, -0.1) is 0 Å². The topological polar surface area (TPSA) is 62.5 Å². The molecule has 4 rings (SSSR count). The van der Waals surface area contributed by atoms with Gasteiger partial charge >= 0.3 is 0 Å². The number of piperazine rings is 1. The highest BCUT2D eigenvalue weighted by Crippen LogP contribution is 2.18. The lowest BCUT2D eigenvalue weighted by molar-refractivity contribution is 0.0615. The number of carbonyl (C=O) groups is 1. The van der Waals surface area contributed by atoms with Crippen LogP contribution in [-0.4, -0.2) is 52.0 Å². The molecule has 1 fully saturated rings. The summed E-state index contributed by atoms with van der Waals surface area (Å²) >= 11 is 3.40. The van der Waals surface area contributed by atoms with E-state index in [4.69, 9.17) is 4.52 Å². The maximum atomic E-state index is 12.6. The molecule has 0 radical (unpaired) electrons. The van der Waals surface area contributed by atoms with E-state index in [0.29, 0.717) is 31.3 Å². The Morgan fingerprint density at radius 1 is 1.04 bits per heavy atom. The molecule has 28 heavy (non-hydrogen) atoms. The lowest BCUT2D eigenvalue weighted by Gasteiger charge is -2.34. The van der Waals surface area contributed by atoms with Gasteiger partial charge in [-0.2, -0.15) is 4.98 Å². The monoisotopic (exact) mass is 440 g/mol. The van der Waals surface area contributed by atoms with Crippen LogP contribution in [-0.2, 0) is 6.54 Å². The number of carbonyl (C=O) groups excluding carboxylic acids is 1. The van der Waals surface area contributed by atoms with E-state index in [0.717, 1.165) is 28.7 Å². The Morgan fingerprint density at radius 3 is 2.39 bits per heavy atom. The molecule has 1 amide bonds. The second-order valence-corrected chi connectivity index (χ2v) is 7.87. The highest BCUT2D eigenvalue weighted by molar-refractivity contribution is 9.10. The Balaban J connectivity index is 1.33. The zero-order valence-electron chi connectivity index (χ0n) is 15.6. The number of halogens is 1. The molecular weight excluding hydrogens is 420 g/mol. The van der Waals surface area contributed by atoms with Gasteiger partial charge in [-0.1, -0.05) is 50.9 Å². The van der Waals surface area contributed by atoms with Crippen LogP contribution in [0.4, 0.5) is 0 Å². The van der Waals surface area contributed by atoms with E-state index in [2.05, 4.69) is 31.0 Å². The van der Waals surface area contributed by atoms with Crippen LogP contribution in [0.5, 0.6) is 0 Å². The van der Waals surface area contributed by atoms with E-state index in [1.54, 1.807) is 0 Å². The van der Waals surface area contributed by atoms with Crippen molar-refractivity contribution in [3.05, 3.63) is 70.0 Å². The van der Waals surface area contributed by atoms with Crippen LogP contribution in [0.25, 0.3) is 11.4 Å². The molecule has 7 heteroatoms. The summed E-state index contributed by atoms with van der Waals surface area (Å²) in [4.78, 5) is 21.2. The molecule has 6 nitrogen and oxygen atoms in total. The smallest absolute Gasteiger partial charge is 0.253 e.